The second kappa shape index (κ2) is 9.84. The molecule has 0 saturated heterocycles. The molecule has 0 saturated carbocycles. The zero-order valence-corrected chi connectivity index (χ0v) is 12.6. The molecule has 0 amide bonds. The number of likely N-dealkylation sites (N-methyl/N-ethyl adjacent to an activating group) is 1. The number of ether oxygens (including phenoxy) is 2. The van der Waals surface area contributed by atoms with Crippen LogP contribution in [-0.2, 0) is 4.74 Å². The summed E-state index contributed by atoms with van der Waals surface area (Å²) in [5.41, 5.74) is 0. The fraction of sp³-hybridized carbons (Fsp3) is 0.467. The molecule has 1 rings (SSSR count). The molecule has 0 N–H and O–H groups in total. The summed E-state index contributed by atoms with van der Waals surface area (Å²) < 4.78 is 12.0. The van der Waals surface area contributed by atoms with E-state index in [1.54, 1.807) is 0 Å². The van der Waals surface area contributed by atoms with Gasteiger partial charge in [-0.05, 0) is 18.2 Å². The maximum absolute atomic E-state index is 5.56. The fourth-order valence-electron chi connectivity index (χ4n) is 1.59. The number of quaternary nitrogens is 1. The van der Waals surface area contributed by atoms with Gasteiger partial charge in [0.05, 0.1) is 33.9 Å². The molecule has 108 valence electrons. The van der Waals surface area contributed by atoms with Crippen molar-refractivity contribution in [3.8, 4) is 5.75 Å². The van der Waals surface area contributed by atoms with Gasteiger partial charge in [0.2, 0.25) is 0 Å². The molecule has 19 heavy (non-hydrogen) atoms. The smallest absolute Gasteiger partial charge is 0.119 e. The number of hydrogen-bond donors (Lipinski definition) is 0. The quantitative estimate of drug-likeness (QED) is 0.341. The molecule has 4 heteroatoms. The third kappa shape index (κ3) is 8.65. The van der Waals surface area contributed by atoms with Crippen molar-refractivity contribution in [3.05, 3.63) is 43.0 Å². The first-order valence-electron chi connectivity index (χ1n) is 6.32. The van der Waals surface area contributed by atoms with Gasteiger partial charge in [0.15, 0.2) is 0 Å². The van der Waals surface area contributed by atoms with Gasteiger partial charge in [0.25, 0.3) is 0 Å². The van der Waals surface area contributed by atoms with E-state index in [0.717, 1.165) is 29.9 Å². The van der Waals surface area contributed by atoms with Crippen LogP contribution in [0.5, 0.6) is 5.75 Å². The molecule has 3 nitrogen and oxygen atoms in total. The van der Waals surface area contributed by atoms with Crippen molar-refractivity contribution in [2.45, 2.75) is 0 Å². The highest BCUT2D eigenvalue weighted by Gasteiger charge is 2.11. The molecule has 0 fully saturated rings. The number of benzene rings is 1. The normalized spacial score (nSPS) is 10.6. The topological polar surface area (TPSA) is 18.5 Å². The molecule has 1 aromatic rings. The molecule has 0 aromatic heterocycles. The van der Waals surface area contributed by atoms with Crippen LogP contribution >= 0.6 is 0 Å². The van der Waals surface area contributed by atoms with E-state index >= 15 is 0 Å². The van der Waals surface area contributed by atoms with Crippen LogP contribution < -0.4 is 17.1 Å². The predicted octanol–water partition coefficient (Wildman–Crippen LogP) is -0.652. The first-order valence-corrected chi connectivity index (χ1v) is 6.32. The van der Waals surface area contributed by atoms with Crippen LogP contribution in [0.1, 0.15) is 0 Å². The molecule has 0 spiro atoms. The SMILES string of the molecule is C=CC[N+](C)(C)CCOCCOc1ccccc1.[Cl-]. The van der Waals surface area contributed by atoms with E-state index < -0.39 is 0 Å². The summed E-state index contributed by atoms with van der Waals surface area (Å²) in [6.07, 6.45) is 1.94. The van der Waals surface area contributed by atoms with Gasteiger partial charge in [0.1, 0.15) is 18.9 Å². The van der Waals surface area contributed by atoms with Crippen LogP contribution in [0.2, 0.25) is 0 Å². The van der Waals surface area contributed by atoms with Crippen molar-refractivity contribution in [2.24, 2.45) is 0 Å². The van der Waals surface area contributed by atoms with Gasteiger partial charge in [-0.1, -0.05) is 24.8 Å². The number of nitrogens with zero attached hydrogens (tertiary/aromatic N) is 1. The highest BCUT2D eigenvalue weighted by Crippen LogP contribution is 2.07. The molecular weight excluding hydrogens is 262 g/mol. The molecule has 0 unspecified atom stereocenters. The third-order valence-corrected chi connectivity index (χ3v) is 2.70. The number of halogens is 1. The van der Waals surface area contributed by atoms with Gasteiger partial charge < -0.3 is 26.4 Å². The average molecular weight is 286 g/mol. The summed E-state index contributed by atoms with van der Waals surface area (Å²) in [6.45, 7) is 7.68. The highest BCUT2D eigenvalue weighted by atomic mass is 35.5. The fourth-order valence-corrected chi connectivity index (χ4v) is 1.59. The second-order valence-corrected chi connectivity index (χ2v) is 4.90. The Hall–Kier alpha value is -1.03. The van der Waals surface area contributed by atoms with Gasteiger partial charge in [-0.15, -0.1) is 0 Å². The lowest BCUT2D eigenvalue weighted by atomic mass is 10.3. The summed E-state index contributed by atoms with van der Waals surface area (Å²) in [5, 5.41) is 0. The third-order valence-electron chi connectivity index (χ3n) is 2.70. The molecule has 0 aliphatic heterocycles. The van der Waals surface area contributed by atoms with E-state index in [2.05, 4.69) is 20.7 Å². The molecule has 0 radical (unpaired) electrons. The second-order valence-electron chi connectivity index (χ2n) is 4.90. The van der Waals surface area contributed by atoms with Crippen LogP contribution in [0.4, 0.5) is 0 Å². The zero-order valence-electron chi connectivity index (χ0n) is 11.8. The molecule has 0 atom stereocenters. The Kier molecular flexibility index (Phi) is 9.31. The lowest BCUT2D eigenvalue weighted by Gasteiger charge is -2.28. The molecule has 0 bridgehead atoms. The van der Waals surface area contributed by atoms with Gasteiger partial charge in [-0.2, -0.15) is 0 Å². The first kappa shape index (κ1) is 18.0. The van der Waals surface area contributed by atoms with Gasteiger partial charge >= 0.3 is 0 Å². The van der Waals surface area contributed by atoms with E-state index in [0.29, 0.717) is 13.2 Å². The van der Waals surface area contributed by atoms with Crippen molar-refractivity contribution >= 4 is 0 Å². The number of para-hydroxylation sites is 1. The summed E-state index contributed by atoms with van der Waals surface area (Å²) in [7, 11) is 4.34. The zero-order chi connectivity index (χ0) is 13.3. The van der Waals surface area contributed by atoms with Crippen LogP contribution in [-0.4, -0.2) is 51.5 Å². The minimum atomic E-state index is 0. The van der Waals surface area contributed by atoms with Crippen molar-refractivity contribution in [2.75, 3.05) is 47.0 Å². The Bertz CT molecular complexity index is 341. The molecule has 0 aliphatic rings. The van der Waals surface area contributed by atoms with Crippen molar-refractivity contribution in [1.82, 2.24) is 0 Å². The molecule has 0 heterocycles. The molecule has 1 aromatic carbocycles. The highest BCUT2D eigenvalue weighted by molar-refractivity contribution is 5.20. The molecular formula is C15H24ClNO2. The van der Waals surface area contributed by atoms with Gasteiger partial charge in [0, 0.05) is 0 Å². The number of hydrogen-bond acceptors (Lipinski definition) is 2. The van der Waals surface area contributed by atoms with Crippen LogP contribution in [0.3, 0.4) is 0 Å². The van der Waals surface area contributed by atoms with E-state index in [4.69, 9.17) is 9.47 Å². The predicted molar refractivity (Wildman–Crippen MR) is 74.8 cm³/mol. The summed E-state index contributed by atoms with van der Waals surface area (Å²) in [5.74, 6) is 0.892. The Labute approximate surface area is 122 Å². The van der Waals surface area contributed by atoms with E-state index in [1.165, 1.54) is 0 Å². The maximum Gasteiger partial charge on any atom is 0.119 e. The average Bonchev–Trinajstić information content (AvgIpc) is 2.35. The summed E-state index contributed by atoms with van der Waals surface area (Å²) in [4.78, 5) is 0. The standard InChI is InChI=1S/C15H24NO2.ClH/c1-4-10-16(2,3)11-12-17-13-14-18-15-8-6-5-7-9-15;/h4-9H,1,10-14H2,2-3H3;1H/q+1;/p-1. The van der Waals surface area contributed by atoms with Crippen LogP contribution in [0.15, 0.2) is 43.0 Å². The first-order chi connectivity index (χ1) is 8.64. The lowest BCUT2D eigenvalue weighted by Crippen LogP contribution is -3.00. The number of rotatable bonds is 9. The maximum atomic E-state index is 5.56. The van der Waals surface area contributed by atoms with Crippen LogP contribution in [0, 0.1) is 0 Å². The largest absolute Gasteiger partial charge is 1.00 e. The van der Waals surface area contributed by atoms with Gasteiger partial charge in [-0.3, -0.25) is 0 Å². The Morgan fingerprint density at radius 2 is 1.79 bits per heavy atom. The van der Waals surface area contributed by atoms with Crippen molar-refractivity contribution < 1.29 is 26.4 Å². The van der Waals surface area contributed by atoms with Crippen LogP contribution in [0.25, 0.3) is 0 Å². The minimum Gasteiger partial charge on any atom is -1.00 e. The Morgan fingerprint density at radius 1 is 1.11 bits per heavy atom. The van der Waals surface area contributed by atoms with Crippen molar-refractivity contribution in [1.29, 1.82) is 0 Å². The summed E-state index contributed by atoms with van der Waals surface area (Å²) in [6, 6.07) is 9.80. The lowest BCUT2D eigenvalue weighted by molar-refractivity contribution is -0.884. The Balaban J connectivity index is 0.00000324. The van der Waals surface area contributed by atoms with E-state index in [9.17, 15) is 0 Å². The van der Waals surface area contributed by atoms with Gasteiger partial charge in [-0.25, -0.2) is 0 Å². The summed E-state index contributed by atoms with van der Waals surface area (Å²) >= 11 is 0. The van der Waals surface area contributed by atoms with E-state index in [-0.39, 0.29) is 12.4 Å². The minimum absolute atomic E-state index is 0. The van der Waals surface area contributed by atoms with E-state index in [1.807, 2.05) is 36.4 Å². The monoisotopic (exact) mass is 285 g/mol. The van der Waals surface area contributed by atoms with Crippen molar-refractivity contribution in [3.63, 3.8) is 0 Å². The molecule has 0 aliphatic carbocycles. The Morgan fingerprint density at radius 3 is 2.42 bits per heavy atom.